The molecule has 0 saturated heterocycles. The largest absolute Gasteiger partial charge is 0.455 e. The lowest BCUT2D eigenvalue weighted by Crippen LogP contribution is -2.10. The van der Waals surface area contributed by atoms with Gasteiger partial charge in [0.05, 0.1) is 5.69 Å². The van der Waals surface area contributed by atoms with E-state index in [0.717, 1.165) is 88.6 Å². The summed E-state index contributed by atoms with van der Waals surface area (Å²) in [6.45, 7) is 0. The highest BCUT2D eigenvalue weighted by Gasteiger charge is 2.20. The summed E-state index contributed by atoms with van der Waals surface area (Å²) in [6, 6.07) is 67.2. The molecule has 0 radical (unpaired) electrons. The van der Waals surface area contributed by atoms with Gasteiger partial charge < -0.3 is 13.7 Å². The molecule has 0 aliphatic carbocycles. The Morgan fingerprint density at radius 1 is 0.357 bits per heavy atom. The highest BCUT2D eigenvalue weighted by Crippen LogP contribution is 2.46. The molecule has 0 unspecified atom stereocenters. The molecule has 3 aromatic heterocycles. The molecule has 0 aliphatic heterocycles. The van der Waals surface area contributed by atoms with E-state index in [0.29, 0.717) is 0 Å². The van der Waals surface area contributed by atoms with Gasteiger partial charge in [0.2, 0.25) is 0 Å². The molecule has 12 rings (SSSR count). The molecule has 0 amide bonds. The van der Waals surface area contributed by atoms with Crippen LogP contribution in [0.4, 0.5) is 17.1 Å². The third-order valence-corrected chi connectivity index (χ3v) is 12.4. The summed E-state index contributed by atoms with van der Waals surface area (Å²) in [7, 11) is 0. The number of para-hydroxylation sites is 3. The number of rotatable bonds is 5. The van der Waals surface area contributed by atoms with Gasteiger partial charge in [0, 0.05) is 69.6 Å². The number of thiophene rings is 1. The zero-order valence-corrected chi connectivity index (χ0v) is 30.9. The molecule has 3 heterocycles. The van der Waals surface area contributed by atoms with E-state index in [2.05, 4.69) is 181 Å². The van der Waals surface area contributed by atoms with Gasteiger partial charge in [-0.3, -0.25) is 0 Å². The first-order valence-corrected chi connectivity index (χ1v) is 19.7. The normalized spacial score (nSPS) is 11.9. The number of nitrogens with zero attached hydrogens (tertiary/aromatic N) is 1. The SMILES string of the molecule is c1ccc2c(c1)ccc1c3cccc(-c4ccc(N(c5ccc(-c6cccc7c6oc6ccccc67)cc5)c5cccc6sc7ccccc7c56)cc4)c3oc21. The summed E-state index contributed by atoms with van der Waals surface area (Å²) >= 11 is 1.84. The van der Waals surface area contributed by atoms with Crippen molar-refractivity contribution in [2.45, 2.75) is 0 Å². The van der Waals surface area contributed by atoms with Crippen molar-refractivity contribution >= 4 is 103 Å². The van der Waals surface area contributed by atoms with Crippen LogP contribution in [0.2, 0.25) is 0 Å². The van der Waals surface area contributed by atoms with E-state index < -0.39 is 0 Å². The van der Waals surface area contributed by atoms with Crippen LogP contribution in [0.3, 0.4) is 0 Å². The quantitative estimate of drug-likeness (QED) is 0.176. The minimum Gasteiger partial charge on any atom is -0.455 e. The first-order chi connectivity index (χ1) is 27.8. The molecule has 0 bridgehead atoms. The Hall–Kier alpha value is -7.14. The third-order valence-electron chi connectivity index (χ3n) is 11.3. The fourth-order valence-corrected chi connectivity index (χ4v) is 9.80. The predicted molar refractivity (Wildman–Crippen MR) is 237 cm³/mol. The Balaban J connectivity index is 1.01. The molecule has 0 N–H and O–H groups in total. The van der Waals surface area contributed by atoms with Crippen molar-refractivity contribution in [3.63, 3.8) is 0 Å². The van der Waals surface area contributed by atoms with Crippen LogP contribution in [0.1, 0.15) is 0 Å². The van der Waals surface area contributed by atoms with Crippen molar-refractivity contribution in [2.24, 2.45) is 0 Å². The third kappa shape index (κ3) is 4.70. The van der Waals surface area contributed by atoms with Crippen LogP contribution in [0.25, 0.3) is 97.1 Å². The molecule has 0 saturated carbocycles. The van der Waals surface area contributed by atoms with Gasteiger partial charge in [0.1, 0.15) is 22.3 Å². The van der Waals surface area contributed by atoms with E-state index in [1.165, 1.54) is 25.6 Å². The van der Waals surface area contributed by atoms with Crippen molar-refractivity contribution in [3.05, 3.63) is 188 Å². The van der Waals surface area contributed by atoms with Gasteiger partial charge in [0.15, 0.2) is 0 Å². The van der Waals surface area contributed by atoms with E-state index >= 15 is 0 Å². The van der Waals surface area contributed by atoms with E-state index in [1.807, 2.05) is 23.5 Å². The number of hydrogen-bond donors (Lipinski definition) is 0. The maximum atomic E-state index is 6.72. The molecule has 0 atom stereocenters. The summed E-state index contributed by atoms with van der Waals surface area (Å²) in [5.74, 6) is 0. The zero-order valence-electron chi connectivity index (χ0n) is 30.1. The van der Waals surface area contributed by atoms with Crippen molar-refractivity contribution in [2.75, 3.05) is 4.90 Å². The Morgan fingerprint density at radius 3 is 1.66 bits per heavy atom. The minimum absolute atomic E-state index is 0.905. The minimum atomic E-state index is 0.905. The number of hydrogen-bond acceptors (Lipinski definition) is 4. The summed E-state index contributed by atoms with van der Waals surface area (Å²) < 4.78 is 15.7. The molecule has 3 nitrogen and oxygen atoms in total. The van der Waals surface area contributed by atoms with Crippen LogP contribution in [0.15, 0.2) is 197 Å². The lowest BCUT2D eigenvalue weighted by molar-refractivity contribution is 0.670. The molecular formula is C52H31NO2S. The van der Waals surface area contributed by atoms with E-state index in [9.17, 15) is 0 Å². The van der Waals surface area contributed by atoms with Gasteiger partial charge in [-0.15, -0.1) is 11.3 Å². The number of anilines is 3. The standard InChI is InChI=1S/C52H31NO2S/c1-2-11-37-32(10-1)26-31-43-42-17-8-15-39(51(42)55-52(37)43)34-24-29-36(30-25-34)53(45-18-9-21-48-49(45)44-13-4-6-20-47(44)56-48)35-27-22-33(23-28-35)38-14-7-16-41-40-12-3-5-19-46(40)54-50(38)41/h1-31H. The molecule has 12 aromatic rings. The molecule has 56 heavy (non-hydrogen) atoms. The van der Waals surface area contributed by atoms with Crippen LogP contribution in [0.5, 0.6) is 0 Å². The smallest absolute Gasteiger partial charge is 0.143 e. The average Bonchev–Trinajstić information content (AvgIpc) is 3.96. The van der Waals surface area contributed by atoms with Crippen LogP contribution < -0.4 is 4.90 Å². The second-order valence-electron chi connectivity index (χ2n) is 14.4. The molecule has 0 spiro atoms. The fourth-order valence-electron chi connectivity index (χ4n) is 8.68. The fraction of sp³-hybridized carbons (Fsp3) is 0. The van der Waals surface area contributed by atoms with Crippen LogP contribution in [0, 0.1) is 0 Å². The first-order valence-electron chi connectivity index (χ1n) is 18.9. The lowest BCUT2D eigenvalue weighted by Gasteiger charge is -2.27. The number of furan rings is 2. The van der Waals surface area contributed by atoms with E-state index in [-0.39, 0.29) is 0 Å². The Labute approximate surface area is 325 Å². The van der Waals surface area contributed by atoms with Gasteiger partial charge in [-0.2, -0.15) is 0 Å². The second kappa shape index (κ2) is 12.2. The topological polar surface area (TPSA) is 29.5 Å². The van der Waals surface area contributed by atoms with Crippen LogP contribution in [-0.4, -0.2) is 0 Å². The second-order valence-corrected chi connectivity index (χ2v) is 15.5. The van der Waals surface area contributed by atoms with Gasteiger partial charge in [-0.25, -0.2) is 0 Å². The Morgan fingerprint density at radius 2 is 0.911 bits per heavy atom. The van der Waals surface area contributed by atoms with Crippen LogP contribution >= 0.6 is 11.3 Å². The lowest BCUT2D eigenvalue weighted by atomic mass is 10.00. The Bertz CT molecular complexity index is 3480. The molecular weight excluding hydrogens is 703 g/mol. The Kier molecular flexibility index (Phi) is 6.80. The predicted octanol–water partition coefficient (Wildman–Crippen LogP) is 15.8. The summed E-state index contributed by atoms with van der Waals surface area (Å²) in [5, 5.41) is 9.37. The van der Waals surface area contributed by atoms with E-state index in [4.69, 9.17) is 8.83 Å². The molecule has 262 valence electrons. The molecule has 4 heteroatoms. The molecule has 0 aliphatic rings. The average molecular weight is 734 g/mol. The zero-order chi connectivity index (χ0) is 36.7. The van der Waals surface area contributed by atoms with Crippen molar-refractivity contribution in [1.29, 1.82) is 0 Å². The monoisotopic (exact) mass is 733 g/mol. The highest BCUT2D eigenvalue weighted by atomic mass is 32.1. The maximum Gasteiger partial charge on any atom is 0.143 e. The number of benzene rings is 9. The van der Waals surface area contributed by atoms with Crippen LogP contribution in [-0.2, 0) is 0 Å². The van der Waals surface area contributed by atoms with Crippen molar-refractivity contribution in [3.8, 4) is 22.3 Å². The van der Waals surface area contributed by atoms with Crippen molar-refractivity contribution < 1.29 is 8.83 Å². The van der Waals surface area contributed by atoms with Crippen molar-refractivity contribution in [1.82, 2.24) is 0 Å². The maximum absolute atomic E-state index is 6.72. The van der Waals surface area contributed by atoms with Gasteiger partial charge in [-0.05, 0) is 71.1 Å². The van der Waals surface area contributed by atoms with Gasteiger partial charge >= 0.3 is 0 Å². The van der Waals surface area contributed by atoms with E-state index in [1.54, 1.807) is 0 Å². The highest BCUT2D eigenvalue weighted by molar-refractivity contribution is 7.26. The summed E-state index contributed by atoms with van der Waals surface area (Å²) in [6.07, 6.45) is 0. The van der Waals surface area contributed by atoms with Gasteiger partial charge in [0.25, 0.3) is 0 Å². The first kappa shape index (κ1) is 31.2. The number of fused-ring (bicyclic) bond motifs is 11. The summed E-state index contributed by atoms with van der Waals surface area (Å²) in [4.78, 5) is 2.39. The summed E-state index contributed by atoms with van der Waals surface area (Å²) in [5.41, 5.74) is 11.3. The van der Waals surface area contributed by atoms with Gasteiger partial charge in [-0.1, -0.05) is 133 Å². The molecule has 0 fully saturated rings. The molecule has 9 aromatic carbocycles.